The van der Waals surface area contributed by atoms with Gasteiger partial charge in [-0.15, -0.1) is 0 Å². The lowest BCUT2D eigenvalue weighted by atomic mass is 9.98. The van der Waals surface area contributed by atoms with Crippen LogP contribution in [-0.2, 0) is 6.42 Å². The molecule has 0 bridgehead atoms. The van der Waals surface area contributed by atoms with E-state index >= 15 is 0 Å². The highest BCUT2D eigenvalue weighted by Crippen LogP contribution is 2.42. The number of aromatic amines is 1. The Kier molecular flexibility index (Phi) is 6.49. The van der Waals surface area contributed by atoms with Crippen molar-refractivity contribution in [1.82, 2.24) is 20.3 Å². The van der Waals surface area contributed by atoms with Gasteiger partial charge in [-0.25, -0.2) is 4.98 Å². The summed E-state index contributed by atoms with van der Waals surface area (Å²) >= 11 is 12.5. The molecule has 0 saturated carbocycles. The summed E-state index contributed by atoms with van der Waals surface area (Å²) in [5.41, 5.74) is 3.05. The van der Waals surface area contributed by atoms with E-state index in [-0.39, 0.29) is 5.91 Å². The Balaban J connectivity index is 1.66. The first-order chi connectivity index (χ1) is 15.3. The highest BCUT2D eigenvalue weighted by Gasteiger charge is 2.36. The summed E-state index contributed by atoms with van der Waals surface area (Å²) in [6, 6.07) is 1.77. The number of halogens is 2. The van der Waals surface area contributed by atoms with Crippen LogP contribution in [0.5, 0.6) is 5.75 Å². The number of unbranched alkanes of at least 4 members (excludes halogenated alkanes) is 3. The summed E-state index contributed by atoms with van der Waals surface area (Å²) in [6.07, 6.45) is 8.07. The van der Waals surface area contributed by atoms with Gasteiger partial charge >= 0.3 is 0 Å². The molecule has 7 nitrogen and oxygen atoms in total. The first-order valence-electron chi connectivity index (χ1n) is 10.9. The number of nitrogens with one attached hydrogen (secondary N) is 3. The van der Waals surface area contributed by atoms with Gasteiger partial charge in [0.25, 0.3) is 5.91 Å². The fourth-order valence-electron chi connectivity index (χ4n) is 3.95. The summed E-state index contributed by atoms with van der Waals surface area (Å²) in [5.74, 6) is 0.942. The van der Waals surface area contributed by atoms with E-state index in [0.717, 1.165) is 30.3 Å². The molecule has 0 saturated heterocycles. The van der Waals surface area contributed by atoms with E-state index in [1.807, 2.05) is 13.8 Å². The maximum Gasteiger partial charge on any atom is 0.255 e. The summed E-state index contributed by atoms with van der Waals surface area (Å²) in [6.45, 7) is 6.83. The van der Waals surface area contributed by atoms with E-state index in [1.165, 1.54) is 18.8 Å². The fraction of sp³-hybridized carbons (Fsp3) is 0.435. The number of H-pyrrole nitrogens is 1. The molecule has 0 radical (unpaired) electrons. The topological polar surface area (TPSA) is 91.9 Å². The van der Waals surface area contributed by atoms with E-state index in [0.29, 0.717) is 51.5 Å². The molecule has 170 valence electrons. The molecule has 32 heavy (non-hydrogen) atoms. The third-order valence-electron chi connectivity index (χ3n) is 5.47. The molecule has 3 aromatic rings. The maximum absolute atomic E-state index is 13.0. The molecule has 1 aromatic carbocycles. The Morgan fingerprint density at radius 1 is 1.22 bits per heavy atom. The van der Waals surface area contributed by atoms with E-state index in [9.17, 15) is 4.79 Å². The van der Waals surface area contributed by atoms with Gasteiger partial charge in [-0.1, -0.05) is 49.4 Å². The SMILES string of the molecule is CCCCCCNC(=O)c1cc2nc(Nc3c(Cl)cncc3Cl)[nH]c2c2c1OC(C)(C)C2. The Morgan fingerprint density at radius 3 is 2.69 bits per heavy atom. The third kappa shape index (κ3) is 4.64. The number of benzene rings is 1. The van der Waals surface area contributed by atoms with Crippen molar-refractivity contribution < 1.29 is 9.53 Å². The third-order valence-corrected chi connectivity index (χ3v) is 6.04. The molecule has 9 heteroatoms. The predicted molar refractivity (Wildman–Crippen MR) is 129 cm³/mol. The number of carbonyl (C=O) groups excluding carboxylic acids is 1. The minimum absolute atomic E-state index is 0.143. The van der Waals surface area contributed by atoms with Crippen LogP contribution < -0.4 is 15.4 Å². The Labute approximate surface area is 197 Å². The number of fused-ring (bicyclic) bond motifs is 3. The molecule has 0 atom stereocenters. The largest absolute Gasteiger partial charge is 0.486 e. The normalized spacial score (nSPS) is 14.3. The van der Waals surface area contributed by atoms with Crippen LogP contribution in [0, 0.1) is 0 Å². The van der Waals surface area contributed by atoms with Crippen molar-refractivity contribution in [1.29, 1.82) is 0 Å². The highest BCUT2D eigenvalue weighted by molar-refractivity contribution is 6.39. The number of hydrogen-bond acceptors (Lipinski definition) is 5. The molecule has 1 aliphatic rings. The van der Waals surface area contributed by atoms with Gasteiger partial charge in [0.15, 0.2) is 0 Å². The second-order valence-corrected chi connectivity index (χ2v) is 9.48. The minimum atomic E-state index is -0.414. The summed E-state index contributed by atoms with van der Waals surface area (Å²) in [4.78, 5) is 24.9. The van der Waals surface area contributed by atoms with Crippen LogP contribution in [0.25, 0.3) is 11.0 Å². The number of aromatic nitrogens is 3. The second kappa shape index (κ2) is 9.16. The maximum atomic E-state index is 13.0. The molecule has 3 N–H and O–H groups in total. The lowest BCUT2D eigenvalue weighted by Gasteiger charge is -2.18. The number of anilines is 2. The fourth-order valence-corrected chi connectivity index (χ4v) is 4.41. The van der Waals surface area contributed by atoms with Crippen molar-refractivity contribution in [2.75, 3.05) is 11.9 Å². The summed E-state index contributed by atoms with van der Waals surface area (Å²) in [7, 11) is 0. The van der Waals surface area contributed by atoms with E-state index in [4.69, 9.17) is 27.9 Å². The number of imidazole rings is 1. The first kappa shape index (κ1) is 22.7. The standard InChI is InChI=1S/C23H27Cl2N5O2/c1-4-5-6-7-8-27-21(31)13-9-17-18(14-10-23(2,3)32-20(13)14)29-22(28-17)30-19-15(24)11-26-12-16(19)25/h9,11-12H,4-8,10H2,1-3H3,(H,27,31)(H2,26,28,29,30). The number of amides is 1. The Morgan fingerprint density at radius 2 is 1.97 bits per heavy atom. The van der Waals surface area contributed by atoms with E-state index < -0.39 is 5.60 Å². The van der Waals surface area contributed by atoms with Gasteiger partial charge in [-0.2, -0.15) is 0 Å². The minimum Gasteiger partial charge on any atom is -0.486 e. The molecule has 3 heterocycles. The number of carbonyl (C=O) groups is 1. The molecule has 4 rings (SSSR count). The molecule has 0 spiro atoms. The lowest BCUT2D eigenvalue weighted by Crippen LogP contribution is -2.27. The quantitative estimate of drug-likeness (QED) is 0.345. The van der Waals surface area contributed by atoms with Crippen LogP contribution in [0.4, 0.5) is 11.6 Å². The number of nitrogens with zero attached hydrogens (tertiary/aromatic N) is 2. The summed E-state index contributed by atoms with van der Waals surface area (Å²) < 4.78 is 6.19. The van der Waals surface area contributed by atoms with E-state index in [1.54, 1.807) is 6.07 Å². The average Bonchev–Trinajstić information content (AvgIpc) is 3.29. The van der Waals surface area contributed by atoms with Gasteiger partial charge in [0.2, 0.25) is 5.95 Å². The lowest BCUT2D eigenvalue weighted by molar-refractivity contribution is 0.0939. The predicted octanol–water partition coefficient (Wildman–Crippen LogP) is 6.03. The monoisotopic (exact) mass is 475 g/mol. The van der Waals surface area contributed by atoms with Gasteiger partial charge in [-0.05, 0) is 26.3 Å². The van der Waals surface area contributed by atoms with E-state index in [2.05, 4.69) is 32.5 Å². The molecular formula is C23H27Cl2N5O2. The van der Waals surface area contributed by atoms with Crippen LogP contribution in [0.15, 0.2) is 18.5 Å². The van der Waals surface area contributed by atoms with Gasteiger partial charge in [0.05, 0.1) is 32.3 Å². The van der Waals surface area contributed by atoms with Crippen molar-refractivity contribution in [2.45, 2.75) is 58.5 Å². The van der Waals surface area contributed by atoms with Crippen molar-refractivity contribution in [3.05, 3.63) is 39.6 Å². The number of pyridine rings is 1. The molecule has 0 aliphatic carbocycles. The molecular weight excluding hydrogens is 449 g/mol. The smallest absolute Gasteiger partial charge is 0.255 e. The molecule has 0 fully saturated rings. The van der Waals surface area contributed by atoms with Crippen LogP contribution >= 0.6 is 23.2 Å². The van der Waals surface area contributed by atoms with Crippen LogP contribution in [0.2, 0.25) is 10.0 Å². The number of ether oxygens (including phenoxy) is 1. The highest BCUT2D eigenvalue weighted by atomic mass is 35.5. The second-order valence-electron chi connectivity index (χ2n) is 8.67. The number of rotatable bonds is 8. The zero-order valence-corrected chi connectivity index (χ0v) is 20.0. The average molecular weight is 476 g/mol. The Hall–Kier alpha value is -2.51. The van der Waals surface area contributed by atoms with Gasteiger partial charge in [-0.3, -0.25) is 9.78 Å². The Bertz CT molecular complexity index is 1140. The van der Waals surface area contributed by atoms with Crippen LogP contribution in [-0.4, -0.2) is 33.0 Å². The molecule has 1 aliphatic heterocycles. The van der Waals surface area contributed by atoms with Gasteiger partial charge < -0.3 is 20.4 Å². The van der Waals surface area contributed by atoms with Gasteiger partial charge in [0.1, 0.15) is 11.4 Å². The van der Waals surface area contributed by atoms with Crippen molar-refractivity contribution in [3.8, 4) is 5.75 Å². The van der Waals surface area contributed by atoms with Crippen molar-refractivity contribution in [3.63, 3.8) is 0 Å². The molecule has 1 amide bonds. The van der Waals surface area contributed by atoms with Crippen LogP contribution in [0.3, 0.4) is 0 Å². The van der Waals surface area contributed by atoms with Crippen molar-refractivity contribution in [2.24, 2.45) is 0 Å². The molecule has 2 aromatic heterocycles. The zero-order chi connectivity index (χ0) is 22.9. The van der Waals surface area contributed by atoms with Crippen LogP contribution in [0.1, 0.15) is 62.4 Å². The van der Waals surface area contributed by atoms with Gasteiger partial charge in [0, 0.05) is 30.9 Å². The summed E-state index contributed by atoms with van der Waals surface area (Å²) in [5, 5.41) is 6.93. The number of hydrogen-bond donors (Lipinski definition) is 3. The zero-order valence-electron chi connectivity index (χ0n) is 18.4. The molecule has 0 unspecified atom stereocenters. The van der Waals surface area contributed by atoms with Crippen molar-refractivity contribution >= 4 is 51.8 Å². The first-order valence-corrected chi connectivity index (χ1v) is 11.6.